The second kappa shape index (κ2) is 8.72. The van der Waals surface area contributed by atoms with Crippen molar-refractivity contribution < 1.29 is 9.53 Å². The Hall–Kier alpha value is -0.330. The van der Waals surface area contributed by atoms with Crippen LogP contribution in [-0.4, -0.2) is 53.7 Å². The maximum absolute atomic E-state index is 11.8. The van der Waals surface area contributed by atoms with Gasteiger partial charge in [-0.15, -0.1) is 0 Å². The van der Waals surface area contributed by atoms with Gasteiger partial charge in [0, 0.05) is 33.4 Å². The molecular weight excluding hydrogens is 268 g/mol. The third-order valence-corrected chi connectivity index (χ3v) is 4.41. The van der Waals surface area contributed by atoms with E-state index < -0.39 is 0 Å². The quantitative estimate of drug-likeness (QED) is 0.595. The van der Waals surface area contributed by atoms with Crippen molar-refractivity contribution in [3.63, 3.8) is 0 Å². The van der Waals surface area contributed by atoms with Gasteiger partial charge in [-0.1, -0.05) is 24.0 Å². The van der Waals surface area contributed by atoms with Crippen molar-refractivity contribution in [3.05, 3.63) is 0 Å². The summed E-state index contributed by atoms with van der Waals surface area (Å²) in [5.74, 6) is 0.0534. The molecule has 0 aromatic heterocycles. The molecule has 0 aliphatic carbocycles. The average Bonchev–Trinajstić information content (AvgIpc) is 2.88. The van der Waals surface area contributed by atoms with Crippen LogP contribution in [0.2, 0.25) is 0 Å². The normalized spacial score (nSPS) is 16.7. The highest BCUT2D eigenvalue weighted by atomic mass is 32.2. The SMILES string of the molecule is COCCCNC(=O)C(C)SC(=S)N1CCCC1. The Morgan fingerprint density at radius 1 is 1.50 bits per heavy atom. The Bertz CT molecular complexity index is 281. The molecule has 1 rings (SSSR count). The maximum atomic E-state index is 11.8. The summed E-state index contributed by atoms with van der Waals surface area (Å²) < 4.78 is 5.79. The van der Waals surface area contributed by atoms with Crippen LogP contribution in [0.25, 0.3) is 0 Å². The molecule has 0 radical (unpaired) electrons. The highest BCUT2D eigenvalue weighted by Crippen LogP contribution is 2.20. The molecule has 4 nitrogen and oxygen atoms in total. The summed E-state index contributed by atoms with van der Waals surface area (Å²) in [4.78, 5) is 14.0. The molecule has 1 atom stereocenters. The fourth-order valence-corrected chi connectivity index (χ4v) is 3.19. The lowest BCUT2D eigenvalue weighted by molar-refractivity contribution is -0.120. The van der Waals surface area contributed by atoms with E-state index in [1.807, 2.05) is 6.92 Å². The zero-order valence-corrected chi connectivity index (χ0v) is 12.7. The van der Waals surface area contributed by atoms with Crippen LogP contribution < -0.4 is 5.32 Å². The number of thioether (sulfide) groups is 1. The van der Waals surface area contributed by atoms with E-state index in [1.54, 1.807) is 7.11 Å². The van der Waals surface area contributed by atoms with E-state index in [2.05, 4.69) is 10.2 Å². The van der Waals surface area contributed by atoms with Gasteiger partial charge in [-0.25, -0.2) is 0 Å². The van der Waals surface area contributed by atoms with Crippen LogP contribution in [0.4, 0.5) is 0 Å². The summed E-state index contributed by atoms with van der Waals surface area (Å²) >= 11 is 6.84. The zero-order chi connectivity index (χ0) is 13.4. The molecule has 1 N–H and O–H groups in total. The molecule has 1 unspecified atom stereocenters. The van der Waals surface area contributed by atoms with Crippen LogP contribution in [0.15, 0.2) is 0 Å². The predicted molar refractivity (Wildman–Crippen MR) is 80.0 cm³/mol. The Kier molecular flexibility index (Phi) is 7.62. The summed E-state index contributed by atoms with van der Waals surface area (Å²) in [6.07, 6.45) is 3.26. The van der Waals surface area contributed by atoms with Crippen molar-refractivity contribution in [1.29, 1.82) is 0 Å². The topological polar surface area (TPSA) is 41.6 Å². The number of hydrogen-bond donors (Lipinski definition) is 1. The van der Waals surface area contributed by atoms with E-state index in [4.69, 9.17) is 17.0 Å². The minimum absolute atomic E-state index is 0.0534. The Labute approximate surface area is 119 Å². The molecule has 0 aromatic carbocycles. The number of ether oxygens (including phenoxy) is 1. The van der Waals surface area contributed by atoms with Crippen LogP contribution in [0.5, 0.6) is 0 Å². The van der Waals surface area contributed by atoms with Gasteiger partial charge in [0.1, 0.15) is 4.32 Å². The van der Waals surface area contributed by atoms with Crippen LogP contribution >= 0.6 is 24.0 Å². The number of thiocarbonyl (C=S) groups is 1. The zero-order valence-electron chi connectivity index (χ0n) is 11.1. The minimum atomic E-state index is -0.124. The molecule has 1 aliphatic rings. The van der Waals surface area contributed by atoms with E-state index in [0.29, 0.717) is 13.2 Å². The third kappa shape index (κ3) is 5.54. The van der Waals surface area contributed by atoms with Gasteiger partial charge in [0.15, 0.2) is 0 Å². The van der Waals surface area contributed by atoms with Crippen LogP contribution in [0.3, 0.4) is 0 Å². The van der Waals surface area contributed by atoms with Gasteiger partial charge in [-0.05, 0) is 26.2 Å². The van der Waals surface area contributed by atoms with E-state index in [-0.39, 0.29) is 11.2 Å². The number of amides is 1. The Morgan fingerprint density at radius 3 is 2.78 bits per heavy atom. The maximum Gasteiger partial charge on any atom is 0.233 e. The molecule has 1 amide bonds. The number of nitrogens with one attached hydrogen (secondary N) is 1. The molecule has 104 valence electrons. The van der Waals surface area contributed by atoms with Crippen molar-refractivity contribution >= 4 is 34.2 Å². The van der Waals surface area contributed by atoms with Crippen LogP contribution in [0, 0.1) is 0 Å². The standard InChI is InChI=1S/C12H22N2O2S2/c1-10(11(15)13-6-5-9-16-2)18-12(17)14-7-3-4-8-14/h10H,3-9H2,1-2H3,(H,13,15). The van der Waals surface area contributed by atoms with Crippen molar-refractivity contribution in [2.45, 2.75) is 31.4 Å². The summed E-state index contributed by atoms with van der Waals surface area (Å²) in [5, 5.41) is 2.77. The van der Waals surface area contributed by atoms with Crippen LogP contribution in [0.1, 0.15) is 26.2 Å². The Morgan fingerprint density at radius 2 is 2.17 bits per heavy atom. The van der Waals surface area contributed by atoms with Gasteiger partial charge in [-0.3, -0.25) is 4.79 Å². The number of hydrogen-bond acceptors (Lipinski definition) is 4. The van der Waals surface area contributed by atoms with Gasteiger partial charge < -0.3 is 15.0 Å². The van der Waals surface area contributed by atoms with Crippen LogP contribution in [-0.2, 0) is 9.53 Å². The molecule has 0 saturated carbocycles. The second-order valence-electron chi connectivity index (χ2n) is 4.36. The summed E-state index contributed by atoms with van der Waals surface area (Å²) in [6, 6.07) is 0. The van der Waals surface area contributed by atoms with Gasteiger partial charge in [-0.2, -0.15) is 0 Å². The predicted octanol–water partition coefficient (Wildman–Crippen LogP) is 1.64. The van der Waals surface area contributed by atoms with E-state index in [0.717, 1.165) is 23.8 Å². The largest absolute Gasteiger partial charge is 0.385 e. The van der Waals surface area contributed by atoms with Gasteiger partial charge in [0.2, 0.25) is 5.91 Å². The first-order valence-electron chi connectivity index (χ1n) is 6.37. The van der Waals surface area contributed by atoms with Crippen molar-refractivity contribution in [2.24, 2.45) is 0 Å². The lowest BCUT2D eigenvalue weighted by Crippen LogP contribution is -2.34. The van der Waals surface area contributed by atoms with Gasteiger partial charge in [0.05, 0.1) is 5.25 Å². The first-order chi connectivity index (χ1) is 8.65. The van der Waals surface area contributed by atoms with E-state index >= 15 is 0 Å². The number of rotatable bonds is 6. The fraction of sp³-hybridized carbons (Fsp3) is 0.833. The molecule has 0 bridgehead atoms. The van der Waals surface area contributed by atoms with Gasteiger partial charge >= 0.3 is 0 Å². The fourth-order valence-electron chi connectivity index (χ4n) is 1.75. The van der Waals surface area contributed by atoms with E-state index in [9.17, 15) is 4.79 Å². The first kappa shape index (κ1) is 15.7. The number of methoxy groups -OCH3 is 1. The van der Waals surface area contributed by atoms with Crippen molar-refractivity contribution in [2.75, 3.05) is 33.4 Å². The molecule has 1 saturated heterocycles. The lowest BCUT2D eigenvalue weighted by Gasteiger charge is -2.20. The second-order valence-corrected chi connectivity index (χ2v) is 6.33. The smallest absolute Gasteiger partial charge is 0.233 e. The third-order valence-electron chi connectivity index (χ3n) is 2.84. The molecule has 18 heavy (non-hydrogen) atoms. The first-order valence-corrected chi connectivity index (χ1v) is 7.66. The Balaban J connectivity index is 2.19. The highest BCUT2D eigenvalue weighted by molar-refractivity contribution is 8.23. The minimum Gasteiger partial charge on any atom is -0.385 e. The molecule has 0 aromatic rings. The van der Waals surface area contributed by atoms with Crippen molar-refractivity contribution in [1.82, 2.24) is 10.2 Å². The molecular formula is C12H22N2O2S2. The summed E-state index contributed by atoms with van der Waals surface area (Å²) in [7, 11) is 1.66. The summed E-state index contributed by atoms with van der Waals surface area (Å²) in [6.45, 7) is 5.31. The highest BCUT2D eigenvalue weighted by Gasteiger charge is 2.20. The summed E-state index contributed by atoms with van der Waals surface area (Å²) in [5.41, 5.74) is 0. The number of nitrogens with zero attached hydrogens (tertiary/aromatic N) is 1. The molecule has 6 heteroatoms. The van der Waals surface area contributed by atoms with Crippen molar-refractivity contribution in [3.8, 4) is 0 Å². The van der Waals surface area contributed by atoms with Gasteiger partial charge in [0.25, 0.3) is 0 Å². The molecule has 1 fully saturated rings. The number of carbonyl (C=O) groups excluding carboxylic acids is 1. The number of likely N-dealkylation sites (tertiary alicyclic amines) is 1. The molecule has 0 spiro atoms. The molecule has 1 heterocycles. The average molecular weight is 290 g/mol. The monoisotopic (exact) mass is 290 g/mol. The van der Waals surface area contributed by atoms with E-state index in [1.165, 1.54) is 24.6 Å². The number of carbonyl (C=O) groups is 1. The molecule has 1 aliphatic heterocycles. The lowest BCUT2D eigenvalue weighted by atomic mass is 10.4.